The van der Waals surface area contributed by atoms with Gasteiger partial charge in [0.1, 0.15) is 5.82 Å². The molecule has 3 amide bonds. The molecule has 2 aromatic heterocycles. The molecule has 1 unspecified atom stereocenters. The Bertz CT molecular complexity index is 1660. The summed E-state index contributed by atoms with van der Waals surface area (Å²) in [6, 6.07) is 16.1. The Balaban J connectivity index is 1.47. The van der Waals surface area contributed by atoms with Crippen LogP contribution in [0.1, 0.15) is 29.8 Å². The first-order valence-electron chi connectivity index (χ1n) is 13.1. The minimum atomic E-state index is -0.397. The molecular formula is C29H31N7O5. The Labute approximate surface area is 236 Å². The SMILES string of the molecule is CCc1c(-c2ccc(-n3c(OC)nn(C)c3=O)cc2)ccnc1N1CC(C)N(c2cccc(C(=O)NOC)c2)C1=O. The van der Waals surface area contributed by atoms with E-state index in [2.05, 4.69) is 15.6 Å². The smallest absolute Gasteiger partial charge is 0.353 e. The zero-order valence-corrected chi connectivity index (χ0v) is 23.5. The molecule has 0 radical (unpaired) electrons. The van der Waals surface area contributed by atoms with Crippen LogP contribution in [0.4, 0.5) is 16.3 Å². The largest absolute Gasteiger partial charge is 0.467 e. The Hall–Kier alpha value is -4.97. The highest BCUT2D eigenvalue weighted by molar-refractivity contribution is 6.07. The predicted molar refractivity (Wildman–Crippen MR) is 154 cm³/mol. The molecule has 1 N–H and O–H groups in total. The normalized spacial score (nSPS) is 15.0. The van der Waals surface area contributed by atoms with Crippen LogP contribution >= 0.6 is 0 Å². The molecule has 1 aliphatic heterocycles. The summed E-state index contributed by atoms with van der Waals surface area (Å²) in [7, 11) is 4.40. The third-order valence-electron chi connectivity index (χ3n) is 7.06. The van der Waals surface area contributed by atoms with Gasteiger partial charge in [0.05, 0.1) is 25.9 Å². The first kappa shape index (κ1) is 27.6. The van der Waals surface area contributed by atoms with Crippen molar-refractivity contribution in [3.05, 3.63) is 82.4 Å². The number of rotatable bonds is 8. The number of methoxy groups -OCH3 is 1. The maximum Gasteiger partial charge on any atom is 0.353 e. The fraction of sp³-hybridized carbons (Fsp3) is 0.276. The van der Waals surface area contributed by atoms with Crippen LogP contribution in [0.2, 0.25) is 0 Å². The van der Waals surface area contributed by atoms with Gasteiger partial charge in [-0.3, -0.25) is 19.4 Å². The summed E-state index contributed by atoms with van der Waals surface area (Å²) >= 11 is 0. The lowest BCUT2D eigenvalue weighted by Gasteiger charge is -2.22. The van der Waals surface area contributed by atoms with E-state index in [1.807, 2.05) is 44.2 Å². The van der Waals surface area contributed by atoms with Crippen LogP contribution in [0.25, 0.3) is 16.8 Å². The fourth-order valence-electron chi connectivity index (χ4n) is 5.15. The molecule has 0 bridgehead atoms. The van der Waals surface area contributed by atoms with Crippen molar-refractivity contribution < 1.29 is 19.2 Å². The molecule has 4 aromatic rings. The van der Waals surface area contributed by atoms with Crippen LogP contribution in [-0.4, -0.2) is 58.1 Å². The molecule has 2 aromatic carbocycles. The highest BCUT2D eigenvalue weighted by Gasteiger charge is 2.38. The van der Waals surface area contributed by atoms with Crippen molar-refractivity contribution in [2.24, 2.45) is 7.05 Å². The Morgan fingerprint density at radius 1 is 1.07 bits per heavy atom. The number of urea groups is 1. The van der Waals surface area contributed by atoms with Gasteiger partial charge in [0.15, 0.2) is 0 Å². The second-order valence-corrected chi connectivity index (χ2v) is 9.59. The van der Waals surface area contributed by atoms with E-state index in [0.717, 1.165) is 16.7 Å². The quantitative estimate of drug-likeness (QED) is 0.330. The number of hydroxylamine groups is 1. The van der Waals surface area contributed by atoms with Crippen LogP contribution in [-0.2, 0) is 18.3 Å². The van der Waals surface area contributed by atoms with E-state index in [0.29, 0.717) is 35.7 Å². The molecule has 1 fully saturated rings. The number of ether oxygens (including phenoxy) is 1. The highest BCUT2D eigenvalue weighted by atomic mass is 16.6. The summed E-state index contributed by atoms with van der Waals surface area (Å²) in [5, 5.41) is 4.10. The zero-order valence-electron chi connectivity index (χ0n) is 23.5. The van der Waals surface area contributed by atoms with E-state index in [9.17, 15) is 14.4 Å². The fourth-order valence-corrected chi connectivity index (χ4v) is 5.15. The van der Waals surface area contributed by atoms with Crippen LogP contribution < -0.4 is 25.7 Å². The third-order valence-corrected chi connectivity index (χ3v) is 7.06. The lowest BCUT2D eigenvalue weighted by atomic mass is 9.98. The lowest BCUT2D eigenvalue weighted by molar-refractivity contribution is 0.0537. The van der Waals surface area contributed by atoms with Crippen molar-refractivity contribution in [2.45, 2.75) is 26.3 Å². The van der Waals surface area contributed by atoms with Crippen molar-refractivity contribution in [2.75, 3.05) is 30.6 Å². The van der Waals surface area contributed by atoms with Gasteiger partial charge in [-0.05, 0) is 60.9 Å². The van der Waals surface area contributed by atoms with Crippen molar-refractivity contribution in [1.29, 1.82) is 0 Å². The molecule has 12 heteroatoms. The van der Waals surface area contributed by atoms with Crippen molar-refractivity contribution in [3.63, 3.8) is 0 Å². The minimum Gasteiger partial charge on any atom is -0.467 e. The molecule has 5 rings (SSSR count). The lowest BCUT2D eigenvalue weighted by Crippen LogP contribution is -2.34. The van der Waals surface area contributed by atoms with E-state index < -0.39 is 5.91 Å². The number of aryl methyl sites for hydroxylation is 1. The number of nitrogens with zero attached hydrogens (tertiary/aromatic N) is 6. The average molecular weight is 558 g/mol. The van der Waals surface area contributed by atoms with Crippen molar-refractivity contribution in [3.8, 4) is 22.8 Å². The van der Waals surface area contributed by atoms with Gasteiger partial charge in [0, 0.05) is 36.6 Å². The van der Waals surface area contributed by atoms with Gasteiger partial charge in [-0.15, -0.1) is 5.10 Å². The summed E-state index contributed by atoms with van der Waals surface area (Å²) in [5.41, 5.74) is 6.38. The number of hydrogen-bond donors (Lipinski definition) is 1. The molecule has 3 heterocycles. The van der Waals surface area contributed by atoms with E-state index in [-0.39, 0.29) is 23.8 Å². The topological polar surface area (TPSA) is 124 Å². The zero-order chi connectivity index (χ0) is 29.3. The molecule has 0 aliphatic carbocycles. The predicted octanol–water partition coefficient (Wildman–Crippen LogP) is 3.33. The van der Waals surface area contributed by atoms with Crippen LogP contribution in [0.15, 0.2) is 65.6 Å². The van der Waals surface area contributed by atoms with Crippen molar-refractivity contribution in [1.82, 2.24) is 24.8 Å². The molecule has 1 atom stereocenters. The van der Waals surface area contributed by atoms with Gasteiger partial charge < -0.3 is 4.74 Å². The molecule has 212 valence electrons. The molecule has 0 saturated carbocycles. The summed E-state index contributed by atoms with van der Waals surface area (Å²) in [6.07, 6.45) is 2.34. The standard InChI is InChI=1S/C29H31N7O5/c1-6-23-24(19-10-12-21(13-11-19)36-27(40-4)31-33(3)28(36)38)14-15-30-25(23)34-17-18(2)35(29(34)39)22-9-7-8-20(16-22)26(37)32-41-5/h7-16,18H,6,17H2,1-5H3,(H,32,37). The molecule has 1 saturated heterocycles. The number of nitrogens with one attached hydrogen (secondary N) is 1. The maximum absolute atomic E-state index is 13.8. The minimum absolute atomic E-state index is 0.162. The van der Waals surface area contributed by atoms with Crippen LogP contribution in [0, 0.1) is 0 Å². The molecule has 12 nitrogen and oxygen atoms in total. The number of anilines is 2. The highest BCUT2D eigenvalue weighted by Crippen LogP contribution is 2.35. The second kappa shape index (κ2) is 11.3. The van der Waals surface area contributed by atoms with Crippen molar-refractivity contribution >= 4 is 23.4 Å². The van der Waals surface area contributed by atoms with Gasteiger partial charge in [-0.1, -0.05) is 25.1 Å². The summed E-state index contributed by atoms with van der Waals surface area (Å²) in [5.74, 6) is 0.192. The Morgan fingerprint density at radius 3 is 2.51 bits per heavy atom. The number of aromatic nitrogens is 4. The van der Waals surface area contributed by atoms with E-state index >= 15 is 0 Å². The first-order valence-corrected chi connectivity index (χ1v) is 13.1. The van der Waals surface area contributed by atoms with Gasteiger partial charge in [-0.25, -0.2) is 29.3 Å². The van der Waals surface area contributed by atoms with E-state index in [1.54, 1.807) is 47.3 Å². The Kier molecular flexibility index (Phi) is 7.58. The molecule has 41 heavy (non-hydrogen) atoms. The van der Waals surface area contributed by atoms with Gasteiger partial charge in [0.2, 0.25) is 0 Å². The summed E-state index contributed by atoms with van der Waals surface area (Å²) in [6.45, 7) is 4.42. The van der Waals surface area contributed by atoms with Gasteiger partial charge >= 0.3 is 17.7 Å². The average Bonchev–Trinajstić information content (AvgIpc) is 3.45. The number of pyridine rings is 1. The third kappa shape index (κ3) is 4.93. The molecular weight excluding hydrogens is 526 g/mol. The first-order chi connectivity index (χ1) is 19.8. The van der Waals surface area contributed by atoms with Crippen LogP contribution in [0.3, 0.4) is 0 Å². The molecule has 0 spiro atoms. The summed E-state index contributed by atoms with van der Waals surface area (Å²) in [4.78, 5) is 51.3. The maximum atomic E-state index is 13.8. The number of carbonyl (C=O) groups is 2. The number of carbonyl (C=O) groups excluding carboxylic acids is 2. The molecule has 1 aliphatic rings. The number of benzene rings is 2. The van der Waals surface area contributed by atoms with Crippen LogP contribution in [0.5, 0.6) is 6.01 Å². The van der Waals surface area contributed by atoms with Gasteiger partial charge in [0.25, 0.3) is 5.91 Å². The number of amides is 3. The summed E-state index contributed by atoms with van der Waals surface area (Å²) < 4.78 is 7.89. The monoisotopic (exact) mass is 557 g/mol. The van der Waals surface area contributed by atoms with Gasteiger partial charge in [-0.2, -0.15) is 0 Å². The van der Waals surface area contributed by atoms with E-state index in [4.69, 9.17) is 9.57 Å². The Morgan fingerprint density at radius 2 is 1.83 bits per heavy atom. The second-order valence-electron chi connectivity index (χ2n) is 9.59. The van der Waals surface area contributed by atoms with E-state index in [1.165, 1.54) is 23.5 Å². The number of hydrogen-bond acceptors (Lipinski definition) is 7.